The van der Waals surface area contributed by atoms with Crippen molar-refractivity contribution in [3.8, 4) is 5.82 Å². The summed E-state index contributed by atoms with van der Waals surface area (Å²) in [6, 6.07) is 1.80. The fourth-order valence-corrected chi connectivity index (χ4v) is 1.40. The molecule has 0 fully saturated rings. The number of nitrogens with zero attached hydrogens (tertiary/aromatic N) is 5. The Morgan fingerprint density at radius 2 is 2.00 bits per heavy atom. The highest BCUT2D eigenvalue weighted by molar-refractivity contribution is 5.38. The molecule has 3 N–H and O–H groups in total. The van der Waals surface area contributed by atoms with Crippen LogP contribution >= 0.6 is 0 Å². The summed E-state index contributed by atoms with van der Waals surface area (Å²) in [6.45, 7) is 3.72. The van der Waals surface area contributed by atoms with Crippen molar-refractivity contribution in [1.82, 2.24) is 24.7 Å². The lowest BCUT2D eigenvalue weighted by molar-refractivity contribution is 0.832. The zero-order valence-corrected chi connectivity index (χ0v) is 9.39. The first-order chi connectivity index (χ1) is 7.60. The van der Waals surface area contributed by atoms with Crippen LogP contribution in [0.5, 0.6) is 0 Å². The van der Waals surface area contributed by atoms with Gasteiger partial charge in [0.05, 0.1) is 0 Å². The van der Waals surface area contributed by atoms with Crippen LogP contribution in [0.2, 0.25) is 0 Å². The van der Waals surface area contributed by atoms with Crippen molar-refractivity contribution in [2.24, 2.45) is 0 Å². The van der Waals surface area contributed by atoms with Crippen LogP contribution in [0.1, 0.15) is 11.5 Å². The molecule has 0 aliphatic rings. The van der Waals surface area contributed by atoms with Gasteiger partial charge in [-0.15, -0.1) is 5.10 Å². The fraction of sp³-hybridized carbons (Fsp3) is 0.333. The summed E-state index contributed by atoms with van der Waals surface area (Å²) in [5.74, 6) is 2.06. The molecule has 0 radical (unpaired) electrons. The molecule has 7 heteroatoms. The highest BCUT2D eigenvalue weighted by Gasteiger charge is 2.09. The van der Waals surface area contributed by atoms with E-state index >= 15 is 0 Å². The van der Waals surface area contributed by atoms with Crippen molar-refractivity contribution >= 4 is 11.9 Å². The molecule has 2 aromatic heterocycles. The molecule has 0 saturated carbocycles. The van der Waals surface area contributed by atoms with Gasteiger partial charge < -0.3 is 11.1 Å². The Hall–Kier alpha value is -2.18. The number of hydrogen-bond acceptors (Lipinski definition) is 6. The highest BCUT2D eigenvalue weighted by atomic mass is 15.4. The van der Waals surface area contributed by atoms with Crippen molar-refractivity contribution in [1.29, 1.82) is 0 Å². The Balaban J connectivity index is 2.53. The molecule has 7 nitrogen and oxygen atoms in total. The monoisotopic (exact) mass is 219 g/mol. The van der Waals surface area contributed by atoms with Crippen LogP contribution in [0.4, 0.5) is 11.9 Å². The maximum absolute atomic E-state index is 5.74. The molecular formula is C9H13N7. The Labute approximate surface area is 92.7 Å². The first-order valence-electron chi connectivity index (χ1n) is 4.83. The Kier molecular flexibility index (Phi) is 2.43. The van der Waals surface area contributed by atoms with Gasteiger partial charge in [0.25, 0.3) is 0 Å². The van der Waals surface area contributed by atoms with Crippen molar-refractivity contribution < 1.29 is 0 Å². The molecule has 0 amide bonds. The minimum absolute atomic E-state index is 0.293. The third-order valence-corrected chi connectivity index (χ3v) is 2.03. The van der Waals surface area contributed by atoms with Crippen molar-refractivity contribution in [2.45, 2.75) is 13.8 Å². The molecule has 0 aliphatic heterocycles. The largest absolute Gasteiger partial charge is 0.368 e. The van der Waals surface area contributed by atoms with E-state index in [4.69, 9.17) is 5.73 Å². The minimum atomic E-state index is 0.293. The first kappa shape index (κ1) is 10.3. The van der Waals surface area contributed by atoms with Gasteiger partial charge in [-0.3, -0.25) is 0 Å². The minimum Gasteiger partial charge on any atom is -0.368 e. The summed E-state index contributed by atoms with van der Waals surface area (Å²) in [6.07, 6.45) is 0. The molecule has 2 aromatic rings. The van der Waals surface area contributed by atoms with Crippen LogP contribution in [0.15, 0.2) is 6.07 Å². The van der Waals surface area contributed by atoms with E-state index in [2.05, 4.69) is 25.4 Å². The van der Waals surface area contributed by atoms with Gasteiger partial charge in [0, 0.05) is 18.8 Å². The van der Waals surface area contributed by atoms with Gasteiger partial charge in [0.2, 0.25) is 11.9 Å². The highest BCUT2D eigenvalue weighted by Crippen LogP contribution is 2.12. The summed E-state index contributed by atoms with van der Waals surface area (Å²) in [7, 11) is 1.73. The maximum Gasteiger partial charge on any atom is 0.244 e. The maximum atomic E-state index is 5.74. The molecule has 16 heavy (non-hydrogen) atoms. The summed E-state index contributed by atoms with van der Waals surface area (Å²) >= 11 is 0. The lowest BCUT2D eigenvalue weighted by atomic mass is 10.4. The van der Waals surface area contributed by atoms with Gasteiger partial charge in [-0.05, 0) is 13.8 Å². The lowest BCUT2D eigenvalue weighted by Gasteiger charge is -2.03. The van der Waals surface area contributed by atoms with Gasteiger partial charge in [-0.2, -0.15) is 9.67 Å². The topological polar surface area (TPSA) is 94.5 Å². The zero-order valence-electron chi connectivity index (χ0n) is 9.39. The molecule has 0 atom stereocenters. The van der Waals surface area contributed by atoms with E-state index < -0.39 is 0 Å². The molecule has 0 spiro atoms. The zero-order chi connectivity index (χ0) is 11.7. The predicted octanol–water partition coefficient (Wildman–Crippen LogP) is 0.298. The van der Waals surface area contributed by atoms with Crippen LogP contribution < -0.4 is 11.1 Å². The van der Waals surface area contributed by atoms with Gasteiger partial charge in [0.1, 0.15) is 5.82 Å². The molecule has 0 unspecified atom stereocenters. The van der Waals surface area contributed by atoms with Gasteiger partial charge >= 0.3 is 0 Å². The normalized spacial score (nSPS) is 10.4. The van der Waals surface area contributed by atoms with E-state index in [1.165, 1.54) is 4.68 Å². The SMILES string of the molecule is CNc1nc(N)n(-c2cc(C)nc(C)n2)n1. The first-order valence-corrected chi connectivity index (χ1v) is 4.83. The van der Waals surface area contributed by atoms with E-state index in [-0.39, 0.29) is 0 Å². The molecular weight excluding hydrogens is 206 g/mol. The second-order valence-electron chi connectivity index (χ2n) is 3.37. The van der Waals surface area contributed by atoms with Gasteiger partial charge in [0.15, 0.2) is 5.82 Å². The third-order valence-electron chi connectivity index (χ3n) is 2.03. The Bertz CT molecular complexity index is 496. The second kappa shape index (κ2) is 3.76. The average Bonchev–Trinajstić information content (AvgIpc) is 2.58. The van der Waals surface area contributed by atoms with Crippen LogP contribution in [0.3, 0.4) is 0 Å². The van der Waals surface area contributed by atoms with Crippen molar-refractivity contribution in [3.05, 3.63) is 17.6 Å². The number of aryl methyl sites for hydroxylation is 2. The number of nitrogens with one attached hydrogen (secondary N) is 1. The van der Waals surface area contributed by atoms with E-state index in [1.807, 2.05) is 13.8 Å². The number of anilines is 2. The predicted molar refractivity (Wildman–Crippen MR) is 60.4 cm³/mol. The van der Waals surface area contributed by atoms with Crippen LogP contribution in [0.25, 0.3) is 5.82 Å². The van der Waals surface area contributed by atoms with Gasteiger partial charge in [-0.25, -0.2) is 9.97 Å². The van der Waals surface area contributed by atoms with Crippen LogP contribution in [-0.2, 0) is 0 Å². The third kappa shape index (κ3) is 1.79. The number of nitrogen functional groups attached to an aromatic ring is 1. The molecule has 0 saturated heterocycles. The average molecular weight is 219 g/mol. The summed E-state index contributed by atoms with van der Waals surface area (Å²) < 4.78 is 1.48. The van der Waals surface area contributed by atoms with Gasteiger partial charge in [-0.1, -0.05) is 0 Å². The molecule has 0 bridgehead atoms. The number of rotatable bonds is 2. The quantitative estimate of drug-likeness (QED) is 0.754. The van der Waals surface area contributed by atoms with E-state index in [0.717, 1.165) is 5.69 Å². The number of aromatic nitrogens is 5. The van der Waals surface area contributed by atoms with E-state index in [9.17, 15) is 0 Å². The molecule has 2 rings (SSSR count). The summed E-state index contributed by atoms with van der Waals surface area (Å²) in [4.78, 5) is 12.5. The molecule has 0 aliphatic carbocycles. The molecule has 0 aromatic carbocycles. The molecule has 84 valence electrons. The summed E-state index contributed by atoms with van der Waals surface area (Å²) in [5.41, 5.74) is 6.60. The second-order valence-corrected chi connectivity index (χ2v) is 3.37. The standard InChI is InChI=1S/C9H13N7/c1-5-4-7(13-6(2)12-5)16-8(10)14-9(11-3)15-16/h4H,1-3H3,(H3,10,11,14,15). The molecule has 2 heterocycles. The van der Waals surface area contributed by atoms with Crippen LogP contribution in [0, 0.1) is 13.8 Å². The van der Waals surface area contributed by atoms with E-state index in [0.29, 0.717) is 23.5 Å². The fourth-order valence-electron chi connectivity index (χ4n) is 1.40. The van der Waals surface area contributed by atoms with Crippen LogP contribution in [-0.4, -0.2) is 31.8 Å². The summed E-state index contributed by atoms with van der Waals surface area (Å²) in [5, 5.41) is 6.98. The van der Waals surface area contributed by atoms with Crippen molar-refractivity contribution in [2.75, 3.05) is 18.1 Å². The lowest BCUT2D eigenvalue weighted by Crippen LogP contribution is -2.07. The number of nitrogens with two attached hydrogens (primary N) is 1. The van der Waals surface area contributed by atoms with Crippen molar-refractivity contribution in [3.63, 3.8) is 0 Å². The van der Waals surface area contributed by atoms with E-state index in [1.54, 1.807) is 13.1 Å². The Morgan fingerprint density at radius 1 is 1.25 bits per heavy atom. The number of hydrogen-bond donors (Lipinski definition) is 2. The Morgan fingerprint density at radius 3 is 2.56 bits per heavy atom. The smallest absolute Gasteiger partial charge is 0.244 e.